The van der Waals surface area contributed by atoms with Gasteiger partial charge in [0.15, 0.2) is 0 Å². The Morgan fingerprint density at radius 3 is 2.83 bits per heavy atom. The summed E-state index contributed by atoms with van der Waals surface area (Å²) in [6, 6.07) is -0.977. The smallest absolute Gasteiger partial charge is 0.331 e. The van der Waals surface area contributed by atoms with Crippen LogP contribution >= 0.6 is 0 Å². The number of carbonyl (C=O) groups excluding carboxylic acids is 3. The lowest BCUT2D eigenvalue weighted by Gasteiger charge is -2.25. The van der Waals surface area contributed by atoms with Crippen molar-refractivity contribution in [2.24, 2.45) is 0 Å². The average Bonchev–Trinajstić information content (AvgIpc) is 2.80. The van der Waals surface area contributed by atoms with Crippen molar-refractivity contribution in [3.8, 4) is 0 Å². The first-order valence-electron chi connectivity index (χ1n) is 5.26. The minimum atomic E-state index is -2.37. The van der Waals surface area contributed by atoms with Crippen LogP contribution in [0.3, 0.4) is 0 Å². The van der Waals surface area contributed by atoms with Gasteiger partial charge in [-0.3, -0.25) is 19.8 Å². The molecule has 1 aromatic rings. The molecular weight excluding hydrogens is 245 g/mol. The average molecular weight is 255 g/mol. The van der Waals surface area contributed by atoms with E-state index in [9.17, 15) is 18.8 Å². The summed E-state index contributed by atoms with van der Waals surface area (Å²) in [4.78, 5) is 38.1. The Balaban J connectivity index is 2.14. The first-order valence-corrected chi connectivity index (χ1v) is 5.26. The van der Waals surface area contributed by atoms with Crippen LogP contribution in [0.4, 0.5) is 9.18 Å². The van der Waals surface area contributed by atoms with Crippen molar-refractivity contribution in [2.45, 2.75) is 26.1 Å². The Labute approximate surface area is 101 Å². The zero-order valence-corrected chi connectivity index (χ0v) is 9.47. The van der Waals surface area contributed by atoms with Crippen molar-refractivity contribution in [1.29, 1.82) is 0 Å². The highest BCUT2D eigenvalue weighted by Gasteiger charge is 2.41. The number of rotatable bonds is 3. The molecule has 2 heterocycles. The number of amides is 4. The normalized spacial score (nSPS) is 20.2. The summed E-state index contributed by atoms with van der Waals surface area (Å²) in [7, 11) is 0. The molecule has 0 bridgehead atoms. The van der Waals surface area contributed by atoms with Crippen molar-refractivity contribution in [3.05, 3.63) is 17.8 Å². The molecule has 7 nitrogen and oxygen atoms in total. The molecule has 1 unspecified atom stereocenters. The highest BCUT2D eigenvalue weighted by molar-refractivity contribution is 6.17. The van der Waals surface area contributed by atoms with Gasteiger partial charge in [-0.1, -0.05) is 6.92 Å². The molecule has 2 rings (SSSR count). The maximum atomic E-state index is 13.2. The number of urea groups is 1. The van der Waals surface area contributed by atoms with Crippen molar-refractivity contribution >= 4 is 17.8 Å². The van der Waals surface area contributed by atoms with Gasteiger partial charge in [0.25, 0.3) is 18.0 Å². The van der Waals surface area contributed by atoms with Crippen LogP contribution in [0.5, 0.6) is 0 Å². The first-order chi connectivity index (χ1) is 8.52. The lowest BCUT2D eigenvalue weighted by molar-refractivity contribution is -0.144. The molecule has 1 N–H and O–H groups in total. The number of carbonyl (C=O) groups is 3. The van der Waals surface area contributed by atoms with Crippen LogP contribution in [0, 0.1) is 0 Å². The molecule has 4 amide bonds. The Bertz CT molecular complexity index is 513. The zero-order chi connectivity index (χ0) is 13.3. The van der Waals surface area contributed by atoms with E-state index < -0.39 is 24.0 Å². The Morgan fingerprint density at radius 1 is 1.50 bits per heavy atom. The topological polar surface area (TPSA) is 92.5 Å². The number of oxazole rings is 1. The predicted octanol–water partition coefficient (Wildman–Crippen LogP) is 0.153. The molecule has 1 saturated heterocycles. The second-order valence-electron chi connectivity index (χ2n) is 3.66. The number of hydrogen-bond donors (Lipinski definition) is 1. The Morgan fingerprint density at radius 2 is 2.22 bits per heavy atom. The molecule has 1 fully saturated rings. The summed E-state index contributed by atoms with van der Waals surface area (Å²) in [5.74, 6) is -1.76. The predicted molar refractivity (Wildman–Crippen MR) is 54.9 cm³/mol. The van der Waals surface area contributed by atoms with E-state index in [1.807, 2.05) is 6.92 Å². The molecule has 0 spiro atoms. The van der Waals surface area contributed by atoms with Gasteiger partial charge >= 0.3 is 6.03 Å². The van der Waals surface area contributed by atoms with Gasteiger partial charge in [0.1, 0.15) is 12.3 Å². The van der Waals surface area contributed by atoms with Gasteiger partial charge in [0.05, 0.1) is 6.20 Å². The van der Waals surface area contributed by atoms with Crippen molar-refractivity contribution < 1.29 is 23.2 Å². The molecule has 0 aliphatic carbocycles. The number of imide groups is 2. The number of aromatic nitrogens is 1. The van der Waals surface area contributed by atoms with E-state index in [0.717, 1.165) is 0 Å². The molecule has 0 radical (unpaired) electrons. The molecule has 0 aromatic carbocycles. The molecular formula is C10H10FN3O4. The molecule has 1 aromatic heterocycles. The van der Waals surface area contributed by atoms with Crippen LogP contribution in [0.25, 0.3) is 0 Å². The van der Waals surface area contributed by atoms with Gasteiger partial charge in [-0.15, -0.1) is 0 Å². The summed E-state index contributed by atoms with van der Waals surface area (Å²) >= 11 is 0. The summed E-state index contributed by atoms with van der Waals surface area (Å²) < 4.78 is 18.4. The second kappa shape index (κ2) is 4.55. The van der Waals surface area contributed by atoms with Crippen LogP contribution in [-0.2, 0) is 22.6 Å². The van der Waals surface area contributed by atoms with E-state index in [-0.39, 0.29) is 12.4 Å². The number of nitrogens with zero attached hydrogens (tertiary/aromatic N) is 2. The molecule has 96 valence electrons. The molecule has 8 heteroatoms. The Hall–Kier alpha value is -2.25. The largest absolute Gasteiger partial charge is 0.444 e. The quantitative estimate of drug-likeness (QED) is 0.776. The molecule has 1 aliphatic heterocycles. The summed E-state index contributed by atoms with van der Waals surface area (Å²) in [6.07, 6.45) is -0.305. The standard InChI is InChI=1S/C10H10FN3O4/c1-2-5-3-12-6(18-5)4-14-9(16)7(11)8(15)13-10(14)17/h3,7H,2,4H2,1H3,(H,13,15,17). The monoisotopic (exact) mass is 255 g/mol. The number of aryl methyl sites for hydroxylation is 1. The lowest BCUT2D eigenvalue weighted by Crippen LogP contribution is -2.58. The van der Waals surface area contributed by atoms with Gasteiger partial charge in [-0.05, 0) is 0 Å². The Kier molecular flexibility index (Phi) is 3.09. The third kappa shape index (κ3) is 2.08. The van der Waals surface area contributed by atoms with Crippen molar-refractivity contribution in [1.82, 2.24) is 15.2 Å². The number of halogens is 1. The van der Waals surface area contributed by atoms with E-state index in [1.165, 1.54) is 6.20 Å². The highest BCUT2D eigenvalue weighted by atomic mass is 19.1. The number of alkyl halides is 1. The molecule has 18 heavy (non-hydrogen) atoms. The first kappa shape index (κ1) is 12.2. The maximum Gasteiger partial charge on any atom is 0.331 e. The number of barbiturate groups is 1. The van der Waals surface area contributed by atoms with E-state index in [4.69, 9.17) is 4.42 Å². The van der Waals surface area contributed by atoms with Gasteiger partial charge in [-0.25, -0.2) is 14.2 Å². The molecule has 1 atom stereocenters. The fourth-order valence-corrected chi connectivity index (χ4v) is 1.45. The van der Waals surface area contributed by atoms with E-state index in [2.05, 4.69) is 4.98 Å². The summed E-state index contributed by atoms with van der Waals surface area (Å²) in [5, 5.41) is 1.73. The van der Waals surface area contributed by atoms with Crippen molar-refractivity contribution in [2.75, 3.05) is 0 Å². The summed E-state index contributed by atoms with van der Waals surface area (Å²) in [5.41, 5.74) is 0. The van der Waals surface area contributed by atoms with Crippen LogP contribution in [0.15, 0.2) is 10.6 Å². The van der Waals surface area contributed by atoms with E-state index in [0.29, 0.717) is 17.1 Å². The molecule has 1 aliphatic rings. The van der Waals surface area contributed by atoms with Crippen LogP contribution in [0.2, 0.25) is 0 Å². The van der Waals surface area contributed by atoms with Gasteiger partial charge in [0, 0.05) is 6.42 Å². The fraction of sp³-hybridized carbons (Fsp3) is 0.400. The van der Waals surface area contributed by atoms with E-state index in [1.54, 1.807) is 5.32 Å². The van der Waals surface area contributed by atoms with Gasteiger partial charge in [-0.2, -0.15) is 0 Å². The lowest BCUT2D eigenvalue weighted by atomic mass is 10.2. The van der Waals surface area contributed by atoms with Crippen LogP contribution in [0.1, 0.15) is 18.6 Å². The summed E-state index contributed by atoms with van der Waals surface area (Å²) in [6.45, 7) is 1.54. The minimum absolute atomic E-state index is 0.108. The van der Waals surface area contributed by atoms with Gasteiger partial charge < -0.3 is 4.42 Å². The zero-order valence-electron chi connectivity index (χ0n) is 9.47. The van der Waals surface area contributed by atoms with Crippen LogP contribution < -0.4 is 5.32 Å². The van der Waals surface area contributed by atoms with E-state index >= 15 is 0 Å². The third-order valence-electron chi connectivity index (χ3n) is 2.43. The third-order valence-corrected chi connectivity index (χ3v) is 2.43. The van der Waals surface area contributed by atoms with Crippen LogP contribution in [-0.4, -0.2) is 33.9 Å². The fourth-order valence-electron chi connectivity index (χ4n) is 1.45. The molecule has 0 saturated carbocycles. The van der Waals surface area contributed by atoms with Crippen molar-refractivity contribution in [3.63, 3.8) is 0 Å². The highest BCUT2D eigenvalue weighted by Crippen LogP contribution is 2.12. The maximum absolute atomic E-state index is 13.2. The number of nitrogens with one attached hydrogen (secondary N) is 1. The minimum Gasteiger partial charge on any atom is -0.444 e. The SMILES string of the molecule is CCc1cnc(CN2C(=O)NC(=O)C(F)C2=O)o1. The second-order valence-corrected chi connectivity index (χ2v) is 3.66. The van der Waals surface area contributed by atoms with Gasteiger partial charge in [0.2, 0.25) is 5.89 Å². The number of hydrogen-bond acceptors (Lipinski definition) is 5.